The van der Waals surface area contributed by atoms with Crippen LogP contribution < -0.4 is 10.3 Å². The van der Waals surface area contributed by atoms with Gasteiger partial charge in [-0.1, -0.05) is 18.5 Å². The second-order valence-electron chi connectivity index (χ2n) is 7.84. The second kappa shape index (κ2) is 9.78. The van der Waals surface area contributed by atoms with Gasteiger partial charge in [-0.15, -0.1) is 0 Å². The summed E-state index contributed by atoms with van der Waals surface area (Å²) in [6.07, 6.45) is 2.30. The van der Waals surface area contributed by atoms with Gasteiger partial charge in [0.1, 0.15) is 23.4 Å². The summed E-state index contributed by atoms with van der Waals surface area (Å²) in [6.45, 7) is 0.284. The third kappa shape index (κ3) is 5.05. The molecule has 198 valence electrons. The summed E-state index contributed by atoms with van der Waals surface area (Å²) in [5, 5.41) is 7.13. The number of anilines is 1. The van der Waals surface area contributed by atoms with Crippen LogP contribution in [0.15, 0.2) is 35.6 Å². The largest absolute Gasteiger partial charge is 0.516 e. The van der Waals surface area contributed by atoms with Crippen molar-refractivity contribution in [3.8, 4) is 0 Å². The number of aryl methyl sites for hydroxylation is 1. The lowest BCUT2D eigenvalue weighted by Gasteiger charge is -2.30. The predicted molar refractivity (Wildman–Crippen MR) is 125 cm³/mol. The molecule has 1 amide bonds. The average molecular weight is 565 g/mol. The van der Waals surface area contributed by atoms with Crippen LogP contribution in [0, 0.1) is 11.6 Å². The van der Waals surface area contributed by atoms with Crippen LogP contribution in [-0.4, -0.2) is 53.0 Å². The fraction of sp³-hybridized carbons (Fsp3) is 0.286. The predicted octanol–water partition coefficient (Wildman–Crippen LogP) is 3.67. The van der Waals surface area contributed by atoms with Crippen molar-refractivity contribution in [2.45, 2.75) is 25.4 Å². The first-order valence-electron chi connectivity index (χ1n) is 10.7. The zero-order chi connectivity index (χ0) is 27.1. The molecule has 0 atom stereocenters. The van der Waals surface area contributed by atoms with Crippen LogP contribution in [0.25, 0.3) is 5.65 Å². The Morgan fingerprint density at radius 3 is 2.41 bits per heavy atom. The zero-order valence-electron chi connectivity index (χ0n) is 18.9. The van der Waals surface area contributed by atoms with E-state index in [1.807, 2.05) is 6.92 Å². The highest BCUT2D eigenvalue weighted by atomic mass is 35.5. The molecule has 1 aliphatic rings. The third-order valence-corrected chi connectivity index (χ3v) is 7.15. The van der Waals surface area contributed by atoms with Crippen molar-refractivity contribution in [2.24, 2.45) is 5.10 Å². The number of nitrogens with one attached hydrogen (secondary N) is 1. The highest BCUT2D eigenvalue weighted by Crippen LogP contribution is 2.30. The molecular weight excluding hydrogens is 547 g/mol. The molecule has 0 radical (unpaired) electrons. The van der Waals surface area contributed by atoms with Crippen molar-refractivity contribution in [3.63, 3.8) is 0 Å². The number of carbonyl (C=O) groups excluding carboxylic acids is 1. The van der Waals surface area contributed by atoms with Gasteiger partial charge in [0.25, 0.3) is 5.91 Å². The molecule has 3 aromatic rings. The fourth-order valence-electron chi connectivity index (χ4n) is 3.70. The summed E-state index contributed by atoms with van der Waals surface area (Å²) in [4.78, 5) is 17.3. The third-order valence-electron chi connectivity index (χ3n) is 5.45. The number of alkyl halides is 3. The van der Waals surface area contributed by atoms with Crippen LogP contribution >= 0.6 is 11.6 Å². The van der Waals surface area contributed by atoms with Crippen LogP contribution in [0.3, 0.4) is 0 Å². The van der Waals surface area contributed by atoms with Crippen LogP contribution in [0.5, 0.6) is 0 Å². The lowest BCUT2D eigenvalue weighted by Crippen LogP contribution is -2.46. The van der Waals surface area contributed by atoms with Crippen LogP contribution in [0.1, 0.15) is 28.7 Å². The number of rotatable bonds is 6. The van der Waals surface area contributed by atoms with Crippen molar-refractivity contribution < 1.29 is 35.2 Å². The van der Waals surface area contributed by atoms with Crippen LogP contribution in [-0.2, 0) is 23.0 Å². The zero-order valence-corrected chi connectivity index (χ0v) is 20.5. The molecule has 3 heterocycles. The summed E-state index contributed by atoms with van der Waals surface area (Å²) in [5.74, 6) is -2.77. The van der Waals surface area contributed by atoms with Gasteiger partial charge in [-0.25, -0.2) is 18.1 Å². The van der Waals surface area contributed by atoms with Crippen molar-refractivity contribution in [1.82, 2.24) is 19.0 Å². The summed E-state index contributed by atoms with van der Waals surface area (Å²) >= 11 is 6.02. The molecule has 0 saturated carbocycles. The van der Waals surface area contributed by atoms with Crippen LogP contribution in [0.4, 0.5) is 27.6 Å². The van der Waals surface area contributed by atoms with Crippen molar-refractivity contribution in [3.05, 3.63) is 64.1 Å². The van der Waals surface area contributed by atoms with Gasteiger partial charge >= 0.3 is 15.5 Å². The number of amides is 1. The quantitative estimate of drug-likeness (QED) is 0.461. The van der Waals surface area contributed by atoms with Gasteiger partial charge < -0.3 is 5.32 Å². The fourth-order valence-corrected chi connectivity index (χ4v) is 4.62. The SMILES string of the molecule is CCc1nc2ccc(Cl)cn2c1C(=O)NCc1cc(F)c(N2CCN(S(=O)(=O)C(F)(F)F)C=N2)c(F)c1. The molecule has 37 heavy (non-hydrogen) atoms. The monoisotopic (exact) mass is 564 g/mol. The summed E-state index contributed by atoms with van der Waals surface area (Å²) in [6, 6.07) is 5.12. The first kappa shape index (κ1) is 26.6. The van der Waals surface area contributed by atoms with Gasteiger partial charge in [0, 0.05) is 12.7 Å². The maximum atomic E-state index is 14.8. The molecule has 2 aromatic heterocycles. The number of pyridine rings is 1. The molecule has 4 rings (SSSR count). The Balaban J connectivity index is 1.51. The number of hydrazone groups is 1. The molecular formula is C21H18ClF5N6O3S. The number of halogens is 6. The molecule has 0 saturated heterocycles. The molecule has 0 spiro atoms. The Kier molecular flexibility index (Phi) is 7.03. The van der Waals surface area contributed by atoms with Crippen molar-refractivity contribution in [2.75, 3.05) is 18.1 Å². The minimum absolute atomic E-state index is 0.0545. The van der Waals surface area contributed by atoms with Gasteiger partial charge in [-0.3, -0.25) is 14.2 Å². The maximum Gasteiger partial charge on any atom is 0.516 e. The molecule has 0 bridgehead atoms. The van der Waals surface area contributed by atoms with Gasteiger partial charge in [0.15, 0.2) is 11.6 Å². The molecule has 16 heteroatoms. The van der Waals surface area contributed by atoms with Crippen molar-refractivity contribution >= 4 is 45.2 Å². The minimum Gasteiger partial charge on any atom is -0.347 e. The molecule has 0 unspecified atom stereocenters. The highest BCUT2D eigenvalue weighted by Gasteiger charge is 2.50. The Hall–Kier alpha value is -3.46. The molecule has 1 aliphatic heterocycles. The Morgan fingerprint density at radius 2 is 1.84 bits per heavy atom. The number of hydrogen-bond donors (Lipinski definition) is 1. The Bertz CT molecular complexity index is 1490. The second-order valence-corrected chi connectivity index (χ2v) is 10.2. The molecule has 1 aromatic carbocycles. The van der Waals surface area contributed by atoms with E-state index in [1.165, 1.54) is 10.6 Å². The van der Waals surface area contributed by atoms with Gasteiger partial charge in [-0.05, 0) is 36.2 Å². The Labute approximate surface area is 212 Å². The maximum absolute atomic E-state index is 14.8. The van der Waals surface area contributed by atoms with Crippen LogP contribution in [0.2, 0.25) is 5.02 Å². The average Bonchev–Trinajstić information content (AvgIpc) is 3.19. The van der Waals surface area contributed by atoms with E-state index in [-0.39, 0.29) is 22.1 Å². The van der Waals surface area contributed by atoms with E-state index >= 15 is 0 Å². The summed E-state index contributed by atoms with van der Waals surface area (Å²) in [5.41, 5.74) is -4.96. The minimum atomic E-state index is -5.67. The summed E-state index contributed by atoms with van der Waals surface area (Å²) in [7, 11) is -5.67. The number of carbonyl (C=O) groups is 1. The number of aromatic nitrogens is 2. The van der Waals surface area contributed by atoms with Gasteiger partial charge in [0.2, 0.25) is 0 Å². The number of imidazole rings is 1. The van der Waals surface area contributed by atoms with E-state index in [4.69, 9.17) is 11.6 Å². The molecule has 1 N–H and O–H groups in total. The molecule has 9 nitrogen and oxygen atoms in total. The first-order chi connectivity index (χ1) is 17.3. The van der Waals surface area contributed by atoms with E-state index < -0.39 is 51.9 Å². The number of benzene rings is 1. The Morgan fingerprint density at radius 1 is 1.16 bits per heavy atom. The smallest absolute Gasteiger partial charge is 0.347 e. The molecule has 0 aliphatic carbocycles. The lowest BCUT2D eigenvalue weighted by atomic mass is 10.1. The highest BCUT2D eigenvalue weighted by molar-refractivity contribution is 7.90. The topological polar surface area (TPSA) is 99.4 Å². The van der Waals surface area contributed by atoms with Gasteiger partial charge in [0.05, 0.1) is 23.8 Å². The molecule has 0 fully saturated rings. The van der Waals surface area contributed by atoms with E-state index in [1.54, 1.807) is 12.1 Å². The van der Waals surface area contributed by atoms with E-state index in [2.05, 4.69) is 15.4 Å². The van der Waals surface area contributed by atoms with Gasteiger partial charge in [-0.2, -0.15) is 26.7 Å². The summed E-state index contributed by atoms with van der Waals surface area (Å²) < 4.78 is 92.0. The lowest BCUT2D eigenvalue weighted by molar-refractivity contribution is -0.0471. The van der Waals surface area contributed by atoms with E-state index in [0.29, 0.717) is 34.1 Å². The van der Waals surface area contributed by atoms with E-state index in [9.17, 15) is 35.2 Å². The van der Waals surface area contributed by atoms with E-state index in [0.717, 1.165) is 12.1 Å². The number of nitrogens with zero attached hydrogens (tertiary/aromatic N) is 5. The number of sulfonamides is 1. The normalized spacial score (nSPS) is 14.5. The number of fused-ring (bicyclic) bond motifs is 1. The standard InChI is InChI=1S/C21H18ClF5N6O3S/c1-2-16-19(32-10-13(22)3-4-17(32)30-16)20(34)28-9-12-7-14(23)18(15(24)8-12)33-6-5-31(11-29-33)37(35,36)21(25,26)27/h3-4,7-8,10-11H,2,5-6,9H2,1H3,(H,28,34). The number of hydrogen-bond acceptors (Lipinski definition) is 6. The first-order valence-corrected chi connectivity index (χ1v) is 12.5. The van der Waals surface area contributed by atoms with Crippen molar-refractivity contribution in [1.29, 1.82) is 0 Å².